The van der Waals surface area contributed by atoms with Gasteiger partial charge < -0.3 is 10.1 Å². The number of carbonyl (C=O) groups excluding carboxylic acids is 1. The van der Waals surface area contributed by atoms with Gasteiger partial charge in [0.1, 0.15) is 11.8 Å². The molecule has 2 aromatic carbocycles. The maximum atomic E-state index is 12.9. The maximum Gasteiger partial charge on any atom is 0.243 e. The van der Waals surface area contributed by atoms with Gasteiger partial charge >= 0.3 is 0 Å². The minimum atomic E-state index is -3.62. The van der Waals surface area contributed by atoms with Crippen molar-refractivity contribution in [1.29, 1.82) is 0 Å². The molecule has 0 aliphatic heterocycles. The zero-order chi connectivity index (χ0) is 23.0. The van der Waals surface area contributed by atoms with Crippen LogP contribution in [0.2, 0.25) is 0 Å². The number of ether oxygens (including phenoxy) is 1. The van der Waals surface area contributed by atoms with Gasteiger partial charge in [-0.05, 0) is 69.9 Å². The van der Waals surface area contributed by atoms with E-state index in [1.54, 1.807) is 12.1 Å². The van der Waals surface area contributed by atoms with E-state index in [1.807, 2.05) is 64.1 Å². The molecule has 0 aliphatic rings. The smallest absolute Gasteiger partial charge is 0.243 e. The average molecular weight is 447 g/mol. The second kappa shape index (κ2) is 11.2. The van der Waals surface area contributed by atoms with Crippen LogP contribution in [0.3, 0.4) is 0 Å². The first-order valence-electron chi connectivity index (χ1n) is 10.7. The predicted molar refractivity (Wildman–Crippen MR) is 126 cm³/mol. The van der Waals surface area contributed by atoms with Crippen LogP contribution in [-0.4, -0.2) is 39.3 Å². The number of amides is 1. The highest BCUT2D eigenvalue weighted by atomic mass is 32.2. The highest BCUT2D eigenvalue weighted by Crippen LogP contribution is 2.23. The summed E-state index contributed by atoms with van der Waals surface area (Å²) in [5.74, 6) is 0.551. The van der Waals surface area contributed by atoms with Crippen molar-refractivity contribution < 1.29 is 17.9 Å². The summed E-state index contributed by atoms with van der Waals surface area (Å²) in [4.78, 5) is 12.9. The number of sulfonamides is 1. The van der Waals surface area contributed by atoms with E-state index in [2.05, 4.69) is 5.32 Å². The molecule has 0 unspecified atom stereocenters. The quantitative estimate of drug-likeness (QED) is 0.528. The molecule has 0 saturated carbocycles. The lowest BCUT2D eigenvalue weighted by atomic mass is 10.1. The molecular formula is C24H34N2O4S. The number of anilines is 1. The van der Waals surface area contributed by atoms with E-state index in [1.165, 1.54) is 4.31 Å². The van der Waals surface area contributed by atoms with Gasteiger partial charge in [0.15, 0.2) is 0 Å². The van der Waals surface area contributed by atoms with Crippen LogP contribution >= 0.6 is 0 Å². The lowest BCUT2D eigenvalue weighted by molar-refractivity contribution is -0.122. The number of hydrogen-bond acceptors (Lipinski definition) is 4. The van der Waals surface area contributed by atoms with Crippen molar-refractivity contribution in [3.05, 3.63) is 59.7 Å². The van der Waals surface area contributed by atoms with E-state index in [4.69, 9.17) is 4.74 Å². The van der Waals surface area contributed by atoms with Crippen molar-refractivity contribution >= 4 is 21.6 Å². The van der Waals surface area contributed by atoms with E-state index in [9.17, 15) is 13.2 Å². The fraction of sp³-hybridized carbons (Fsp3) is 0.458. The molecular weight excluding hydrogens is 412 g/mol. The minimum absolute atomic E-state index is 0.117. The highest BCUT2D eigenvalue weighted by molar-refractivity contribution is 7.92. The molecule has 0 fully saturated rings. The standard InChI is InChI=1S/C24H34N2O4S/c1-6-23(26(31(5,28)29)21-14-12-19(4)13-15-21)24(27)25-16-8-10-20-9-7-11-22(17-20)30-18(2)3/h7,9,11-15,17-18,23H,6,8,10,16H2,1-5H3,(H,25,27)/t23-/m1/s1. The Morgan fingerprint density at radius 3 is 2.39 bits per heavy atom. The predicted octanol–water partition coefficient (Wildman–Crippen LogP) is 4.08. The number of nitrogens with one attached hydrogen (secondary N) is 1. The Morgan fingerprint density at radius 2 is 1.81 bits per heavy atom. The number of nitrogens with zero attached hydrogens (tertiary/aromatic N) is 1. The normalized spacial score (nSPS) is 12.5. The minimum Gasteiger partial charge on any atom is -0.491 e. The lowest BCUT2D eigenvalue weighted by Gasteiger charge is -2.30. The molecule has 0 bridgehead atoms. The van der Waals surface area contributed by atoms with Gasteiger partial charge in [0.2, 0.25) is 15.9 Å². The van der Waals surface area contributed by atoms with Crippen molar-refractivity contribution in [3.63, 3.8) is 0 Å². The molecule has 1 N–H and O–H groups in total. The zero-order valence-electron chi connectivity index (χ0n) is 19.1. The van der Waals surface area contributed by atoms with Crippen molar-refractivity contribution in [2.75, 3.05) is 17.1 Å². The third kappa shape index (κ3) is 7.58. The summed E-state index contributed by atoms with van der Waals surface area (Å²) in [7, 11) is -3.62. The van der Waals surface area contributed by atoms with Crippen molar-refractivity contribution in [2.24, 2.45) is 0 Å². The number of aryl methyl sites for hydroxylation is 2. The summed E-state index contributed by atoms with van der Waals surface area (Å²) in [6, 6.07) is 14.3. The molecule has 0 heterocycles. The lowest BCUT2D eigenvalue weighted by Crippen LogP contribution is -2.49. The van der Waals surface area contributed by atoms with Crippen LogP contribution in [-0.2, 0) is 21.2 Å². The summed E-state index contributed by atoms with van der Waals surface area (Å²) < 4.78 is 31.9. The molecule has 0 saturated heterocycles. The summed E-state index contributed by atoms with van der Waals surface area (Å²) in [6.07, 6.45) is 3.17. The summed E-state index contributed by atoms with van der Waals surface area (Å²) in [5.41, 5.74) is 2.66. The van der Waals surface area contributed by atoms with E-state index >= 15 is 0 Å². The van der Waals surface area contributed by atoms with Crippen LogP contribution in [0.4, 0.5) is 5.69 Å². The first-order chi connectivity index (χ1) is 14.6. The van der Waals surface area contributed by atoms with E-state index in [-0.39, 0.29) is 12.0 Å². The molecule has 2 aromatic rings. The Labute approximate surface area is 186 Å². The monoisotopic (exact) mass is 446 g/mol. The molecule has 0 aromatic heterocycles. The molecule has 31 heavy (non-hydrogen) atoms. The van der Waals surface area contributed by atoms with Gasteiger partial charge in [0.05, 0.1) is 18.0 Å². The van der Waals surface area contributed by atoms with Crippen molar-refractivity contribution in [3.8, 4) is 5.75 Å². The molecule has 170 valence electrons. The Balaban J connectivity index is 1.99. The van der Waals surface area contributed by atoms with Gasteiger partial charge in [-0.15, -0.1) is 0 Å². The summed E-state index contributed by atoms with van der Waals surface area (Å²) >= 11 is 0. The second-order valence-corrected chi connectivity index (χ2v) is 9.89. The molecule has 0 aliphatic carbocycles. The van der Waals surface area contributed by atoms with Crippen LogP contribution < -0.4 is 14.4 Å². The van der Waals surface area contributed by atoms with Crippen LogP contribution in [0.15, 0.2) is 48.5 Å². The molecule has 1 amide bonds. The summed E-state index contributed by atoms with van der Waals surface area (Å²) in [5, 5.41) is 2.91. The third-order valence-corrected chi connectivity index (χ3v) is 6.01. The van der Waals surface area contributed by atoms with E-state index in [0.717, 1.165) is 36.0 Å². The molecule has 0 spiro atoms. The van der Waals surface area contributed by atoms with Gasteiger partial charge in [0, 0.05) is 6.54 Å². The highest BCUT2D eigenvalue weighted by Gasteiger charge is 2.31. The van der Waals surface area contributed by atoms with Crippen LogP contribution in [0.25, 0.3) is 0 Å². The molecule has 2 rings (SSSR count). The summed E-state index contributed by atoms with van der Waals surface area (Å²) in [6.45, 7) is 8.20. The van der Waals surface area contributed by atoms with Crippen molar-refractivity contribution in [1.82, 2.24) is 5.32 Å². The number of hydrogen-bond donors (Lipinski definition) is 1. The Kier molecular flexibility index (Phi) is 8.92. The molecule has 6 nitrogen and oxygen atoms in total. The van der Waals surface area contributed by atoms with Gasteiger partial charge in [-0.3, -0.25) is 9.10 Å². The van der Waals surface area contributed by atoms with E-state index < -0.39 is 16.1 Å². The largest absolute Gasteiger partial charge is 0.491 e. The van der Waals surface area contributed by atoms with Gasteiger partial charge in [-0.1, -0.05) is 36.8 Å². The first kappa shape index (κ1) is 24.7. The van der Waals surface area contributed by atoms with Crippen LogP contribution in [0, 0.1) is 6.92 Å². The Morgan fingerprint density at radius 1 is 1.13 bits per heavy atom. The molecule has 7 heteroatoms. The van der Waals surface area contributed by atoms with Gasteiger partial charge in [-0.2, -0.15) is 0 Å². The Bertz CT molecular complexity index is 956. The van der Waals surface area contributed by atoms with Gasteiger partial charge in [0.25, 0.3) is 0 Å². The van der Waals surface area contributed by atoms with Gasteiger partial charge in [-0.25, -0.2) is 8.42 Å². The number of rotatable bonds is 11. The van der Waals surface area contributed by atoms with E-state index in [0.29, 0.717) is 18.7 Å². The fourth-order valence-electron chi connectivity index (χ4n) is 3.42. The molecule has 1 atom stereocenters. The third-order valence-electron chi connectivity index (χ3n) is 4.83. The number of carbonyl (C=O) groups is 1. The molecule has 0 radical (unpaired) electrons. The first-order valence-corrected chi connectivity index (χ1v) is 12.6. The topological polar surface area (TPSA) is 75.7 Å². The number of benzene rings is 2. The Hall–Kier alpha value is -2.54. The second-order valence-electron chi connectivity index (χ2n) is 8.03. The maximum absolute atomic E-state index is 12.9. The van der Waals surface area contributed by atoms with Crippen LogP contribution in [0.1, 0.15) is 44.7 Å². The fourth-order valence-corrected chi connectivity index (χ4v) is 4.63. The van der Waals surface area contributed by atoms with Crippen LogP contribution in [0.5, 0.6) is 5.75 Å². The zero-order valence-corrected chi connectivity index (χ0v) is 19.9. The SMILES string of the molecule is CC[C@H](C(=O)NCCCc1cccc(OC(C)C)c1)N(c1ccc(C)cc1)S(C)(=O)=O. The average Bonchev–Trinajstić information content (AvgIpc) is 2.69. The van der Waals surface area contributed by atoms with Crippen molar-refractivity contribution in [2.45, 2.75) is 59.1 Å².